The first-order valence-electron chi connectivity index (χ1n) is 13.0. The highest BCUT2D eigenvalue weighted by molar-refractivity contribution is 6.31. The van der Waals surface area contributed by atoms with Crippen molar-refractivity contribution >= 4 is 35.1 Å². The highest BCUT2D eigenvalue weighted by atomic mass is 35.5. The van der Waals surface area contributed by atoms with Crippen LogP contribution in [0.2, 0.25) is 5.15 Å². The molecule has 236 valence electrons. The van der Waals surface area contributed by atoms with E-state index in [0.717, 1.165) is 36.7 Å². The monoisotopic (exact) mass is 622 g/mol. The van der Waals surface area contributed by atoms with Crippen LogP contribution in [0.5, 0.6) is 5.75 Å². The minimum Gasteiger partial charge on any atom is -0.542 e. The van der Waals surface area contributed by atoms with Crippen LogP contribution in [0.1, 0.15) is 42.2 Å². The van der Waals surface area contributed by atoms with Gasteiger partial charge < -0.3 is 46.1 Å². The Kier molecular flexibility index (Phi) is 14.7. The number of ether oxygens (including phenoxy) is 1. The highest BCUT2D eigenvalue weighted by Gasteiger charge is 2.29. The van der Waals surface area contributed by atoms with Gasteiger partial charge >= 0.3 is 6.18 Å². The molecule has 16 heteroatoms. The molecule has 2 aromatic rings. The second kappa shape index (κ2) is 16.9. The number of aliphatic hydroxyl groups excluding tert-OH is 2. The van der Waals surface area contributed by atoms with Gasteiger partial charge in [0.25, 0.3) is 5.91 Å². The number of alkyl halides is 3. The maximum absolute atomic E-state index is 12.7. The number of nitrogens with two attached hydrogens (primary N) is 2. The molecular formula is C26H38ClF3N6O6. The number of likely N-dealkylation sites (N-methyl/N-ethyl adjacent to an activating group) is 1. The molecule has 0 radical (unpaired) electrons. The molecule has 0 fully saturated rings. The molecule has 0 saturated carbocycles. The Balaban J connectivity index is 0.00000112. The van der Waals surface area contributed by atoms with Crippen LogP contribution in [0.3, 0.4) is 0 Å². The third kappa shape index (κ3) is 12.6. The van der Waals surface area contributed by atoms with Crippen molar-refractivity contribution in [1.29, 1.82) is 0 Å². The molecule has 1 amide bonds. The Bertz CT molecular complexity index is 1150. The Labute approximate surface area is 247 Å². The van der Waals surface area contributed by atoms with Crippen LogP contribution in [0.15, 0.2) is 24.3 Å². The maximum Gasteiger partial charge on any atom is 0.430 e. The smallest absolute Gasteiger partial charge is 0.430 e. The van der Waals surface area contributed by atoms with E-state index in [1.165, 1.54) is 5.56 Å². The predicted molar refractivity (Wildman–Crippen MR) is 148 cm³/mol. The zero-order valence-electron chi connectivity index (χ0n) is 23.7. The predicted octanol–water partition coefficient (Wildman–Crippen LogP) is 0.933. The van der Waals surface area contributed by atoms with Gasteiger partial charge in [-0.3, -0.25) is 4.79 Å². The number of aromatic nitrogens is 2. The summed E-state index contributed by atoms with van der Waals surface area (Å²) in [5, 5.41) is 29.9. The third-order valence-corrected chi connectivity index (χ3v) is 6.51. The van der Waals surface area contributed by atoms with Crippen molar-refractivity contribution in [2.45, 2.75) is 50.9 Å². The molecule has 0 saturated heterocycles. The van der Waals surface area contributed by atoms with Gasteiger partial charge in [0.2, 0.25) is 0 Å². The average Bonchev–Trinajstić information content (AvgIpc) is 2.91. The molecule has 0 aliphatic heterocycles. The van der Waals surface area contributed by atoms with Crippen molar-refractivity contribution in [2.24, 2.45) is 0 Å². The van der Waals surface area contributed by atoms with Crippen LogP contribution in [-0.4, -0.2) is 95.3 Å². The Morgan fingerprint density at radius 3 is 2.29 bits per heavy atom. The van der Waals surface area contributed by atoms with Gasteiger partial charge in [0, 0.05) is 12.8 Å². The zero-order chi connectivity index (χ0) is 32.1. The van der Waals surface area contributed by atoms with Crippen LogP contribution in [-0.2, 0) is 11.2 Å². The van der Waals surface area contributed by atoms with E-state index in [9.17, 15) is 23.1 Å². The lowest BCUT2D eigenvalue weighted by molar-refractivity contribution is -0.914. The van der Waals surface area contributed by atoms with Crippen LogP contribution < -0.4 is 26.6 Å². The number of aliphatic carboxylic acids is 1. The molecule has 2 atom stereocenters. The minimum atomic E-state index is -5.19. The largest absolute Gasteiger partial charge is 0.542 e. The van der Waals surface area contributed by atoms with Crippen LogP contribution in [0, 0.1) is 0 Å². The second-order valence-corrected chi connectivity index (χ2v) is 10.3. The summed E-state index contributed by atoms with van der Waals surface area (Å²) >= 11 is 5.90. The molecule has 1 heterocycles. The van der Waals surface area contributed by atoms with Crippen LogP contribution in [0.25, 0.3) is 0 Å². The van der Waals surface area contributed by atoms with E-state index < -0.39 is 24.2 Å². The number of anilines is 2. The fourth-order valence-electron chi connectivity index (χ4n) is 3.81. The van der Waals surface area contributed by atoms with Gasteiger partial charge in [-0.15, -0.1) is 0 Å². The molecule has 0 spiro atoms. The van der Waals surface area contributed by atoms with E-state index >= 15 is 0 Å². The van der Waals surface area contributed by atoms with Crippen molar-refractivity contribution in [3.05, 3.63) is 40.7 Å². The van der Waals surface area contributed by atoms with E-state index in [-0.39, 0.29) is 41.7 Å². The first-order chi connectivity index (χ1) is 19.5. The fourth-order valence-corrected chi connectivity index (χ4v) is 3.93. The SMILES string of the molecule is CCC[C@@H](CNC(=O)c1nc(Cl)c(N)nc1N)[N+](C)(C)CCCc1ccc(OC[C@H](O)CO)cc1.O=C([O-])C(F)(F)F. The van der Waals surface area contributed by atoms with Crippen molar-refractivity contribution in [3.63, 3.8) is 0 Å². The molecule has 0 aliphatic carbocycles. The number of carboxylic acids is 1. The number of carbonyl (C=O) groups excluding carboxylic acids is 2. The highest BCUT2D eigenvalue weighted by Crippen LogP contribution is 2.19. The van der Waals surface area contributed by atoms with E-state index in [0.29, 0.717) is 12.3 Å². The second-order valence-electron chi connectivity index (χ2n) is 9.97. The van der Waals surface area contributed by atoms with Gasteiger partial charge in [0.1, 0.15) is 30.5 Å². The van der Waals surface area contributed by atoms with Gasteiger partial charge in [0.15, 0.2) is 22.5 Å². The number of amides is 1. The van der Waals surface area contributed by atoms with Gasteiger partial charge in [-0.2, -0.15) is 13.2 Å². The first kappa shape index (κ1) is 36.6. The number of aryl methyl sites for hydroxylation is 1. The number of hydrogen-bond donors (Lipinski definition) is 5. The number of carboxylic acid groups (broad SMARTS) is 1. The first-order valence-corrected chi connectivity index (χ1v) is 13.4. The van der Waals surface area contributed by atoms with E-state index in [1.54, 1.807) is 0 Å². The summed E-state index contributed by atoms with van der Waals surface area (Å²) in [5.41, 5.74) is 12.6. The van der Waals surface area contributed by atoms with Crippen LogP contribution >= 0.6 is 11.6 Å². The number of hydrogen-bond acceptors (Lipinski definition) is 10. The van der Waals surface area contributed by atoms with Gasteiger partial charge in [-0.05, 0) is 24.1 Å². The molecular weight excluding hydrogens is 585 g/mol. The minimum absolute atomic E-state index is 0.00922. The summed E-state index contributed by atoms with van der Waals surface area (Å²) < 4.78 is 37.7. The lowest BCUT2D eigenvalue weighted by Crippen LogP contribution is -2.54. The molecule has 12 nitrogen and oxygen atoms in total. The van der Waals surface area contributed by atoms with Gasteiger partial charge in [-0.25, -0.2) is 9.97 Å². The normalized spacial score (nSPS) is 13.0. The summed E-state index contributed by atoms with van der Waals surface area (Å²) in [6.45, 7) is 3.25. The number of carbonyl (C=O) groups is 2. The molecule has 1 aromatic carbocycles. The van der Waals surface area contributed by atoms with Crippen LogP contribution in [0.4, 0.5) is 24.8 Å². The van der Waals surface area contributed by atoms with Crippen molar-refractivity contribution < 1.29 is 47.3 Å². The van der Waals surface area contributed by atoms with Gasteiger partial charge in [0.05, 0.1) is 33.8 Å². The summed E-state index contributed by atoms with van der Waals surface area (Å²) in [6, 6.07) is 7.96. The summed E-state index contributed by atoms with van der Waals surface area (Å²) in [6.07, 6.45) is -2.27. The number of halogens is 4. The third-order valence-electron chi connectivity index (χ3n) is 6.24. The van der Waals surface area contributed by atoms with E-state index in [2.05, 4.69) is 36.3 Å². The topological polar surface area (TPSA) is 197 Å². The molecule has 1 aromatic heterocycles. The molecule has 0 bridgehead atoms. The maximum atomic E-state index is 12.7. The number of aliphatic hydroxyl groups is 2. The summed E-state index contributed by atoms with van der Waals surface area (Å²) in [7, 11) is 4.34. The van der Waals surface area contributed by atoms with Crippen molar-refractivity contribution in [2.75, 3.05) is 51.9 Å². The summed E-state index contributed by atoms with van der Waals surface area (Å²) in [5.74, 6) is -2.83. The zero-order valence-corrected chi connectivity index (χ0v) is 24.4. The average molecular weight is 623 g/mol. The molecule has 42 heavy (non-hydrogen) atoms. The van der Waals surface area contributed by atoms with Gasteiger partial charge in [-0.1, -0.05) is 37.1 Å². The number of quaternary nitrogens is 1. The van der Waals surface area contributed by atoms with Crippen molar-refractivity contribution in [3.8, 4) is 5.75 Å². The quantitative estimate of drug-likeness (QED) is 0.189. The fraction of sp³-hybridized carbons (Fsp3) is 0.538. The van der Waals surface area contributed by atoms with E-state index in [4.69, 9.17) is 42.8 Å². The molecule has 2 rings (SSSR count). The Hall–Kier alpha value is -3.40. The lowest BCUT2D eigenvalue weighted by Gasteiger charge is -2.38. The molecule has 0 aliphatic rings. The molecule has 0 unspecified atom stereocenters. The number of nitrogen functional groups attached to an aromatic ring is 2. The lowest BCUT2D eigenvalue weighted by atomic mass is 10.1. The standard InChI is InChI=1S/C24H37ClN6O4.C2HF3O2/c1-4-6-17(13-28-24(34)20-22(26)30-23(27)21(25)29-20)31(2,3)12-5-7-16-8-10-19(11-9-16)35-15-18(33)14-32;3-2(4,5)1(6)7/h8-11,17-18,32-33H,4-7,12-15H2,1-3H3,(H4-,26,27,28,30,34);(H,6,7)/t17-,18+;/m0./s1. The Morgan fingerprint density at radius 2 is 1.76 bits per heavy atom. The molecule has 7 N–H and O–H groups in total. The van der Waals surface area contributed by atoms with Crippen molar-refractivity contribution in [1.82, 2.24) is 15.3 Å². The number of rotatable bonds is 14. The number of benzene rings is 1. The Morgan fingerprint density at radius 1 is 1.17 bits per heavy atom. The number of nitrogens with one attached hydrogen (secondary N) is 1. The summed E-state index contributed by atoms with van der Waals surface area (Å²) in [4.78, 5) is 29.3. The van der Waals surface area contributed by atoms with E-state index in [1.807, 2.05) is 24.3 Å². The number of nitrogens with zero attached hydrogens (tertiary/aromatic N) is 3.